The molecule has 1 saturated heterocycles. The van der Waals surface area contributed by atoms with Gasteiger partial charge in [0.15, 0.2) is 0 Å². The van der Waals surface area contributed by atoms with Crippen LogP contribution >= 0.6 is 0 Å². The maximum absolute atomic E-state index is 11.8. The fraction of sp³-hybridized carbons (Fsp3) is 0.348. The minimum Gasteiger partial charge on any atom is -0.462 e. The molecule has 2 aliphatic rings. The Bertz CT molecular complexity index is 795. The lowest BCUT2D eigenvalue weighted by Gasteiger charge is -2.46. The van der Waals surface area contributed by atoms with E-state index in [2.05, 4.69) is 41.3 Å². The van der Waals surface area contributed by atoms with Gasteiger partial charge in [0.2, 0.25) is 0 Å². The van der Waals surface area contributed by atoms with Gasteiger partial charge in [0, 0.05) is 24.2 Å². The average molecular weight is 347 g/mol. The Balaban J connectivity index is 1.37. The number of hydrogen-bond acceptors (Lipinski definition) is 3. The lowest BCUT2D eigenvalue weighted by Crippen LogP contribution is -2.53. The molecular weight excluding hydrogens is 322 g/mol. The zero-order valence-corrected chi connectivity index (χ0v) is 15.2. The van der Waals surface area contributed by atoms with Crippen molar-refractivity contribution in [2.24, 2.45) is 5.92 Å². The molecule has 2 aromatic rings. The molecule has 2 atom stereocenters. The summed E-state index contributed by atoms with van der Waals surface area (Å²) in [7, 11) is 0. The molecule has 1 aliphatic heterocycles. The number of esters is 1. The summed E-state index contributed by atoms with van der Waals surface area (Å²) in [5.74, 6) is 0.536. The van der Waals surface area contributed by atoms with Crippen LogP contribution in [0.1, 0.15) is 35.7 Å². The van der Waals surface area contributed by atoms with Crippen molar-refractivity contribution in [2.45, 2.75) is 32.2 Å². The van der Waals surface area contributed by atoms with Gasteiger partial charge in [-0.05, 0) is 56.0 Å². The molecule has 0 radical (unpaired) electrons. The van der Waals surface area contributed by atoms with Crippen molar-refractivity contribution in [3.8, 4) is 0 Å². The lowest BCUT2D eigenvalue weighted by atomic mass is 9.91. The lowest BCUT2D eigenvalue weighted by molar-refractivity contribution is 0.0526. The number of benzene rings is 2. The SMILES string of the molecule is CCOC(=O)c1ccc(N2CC3C/C(=C/Cc4ccccc4)C[C@@H]32)cc1. The zero-order valence-electron chi connectivity index (χ0n) is 15.2. The summed E-state index contributed by atoms with van der Waals surface area (Å²) in [6.07, 6.45) is 5.85. The number of nitrogens with zero attached hydrogens (tertiary/aromatic N) is 1. The minimum absolute atomic E-state index is 0.243. The maximum atomic E-state index is 11.8. The van der Waals surface area contributed by atoms with Gasteiger partial charge >= 0.3 is 5.97 Å². The molecule has 3 nitrogen and oxygen atoms in total. The molecule has 1 saturated carbocycles. The molecule has 2 aromatic carbocycles. The van der Waals surface area contributed by atoms with E-state index in [0.717, 1.165) is 25.3 Å². The first-order valence-corrected chi connectivity index (χ1v) is 9.50. The van der Waals surface area contributed by atoms with Crippen LogP contribution in [0.5, 0.6) is 0 Å². The Morgan fingerprint density at radius 2 is 1.88 bits per heavy atom. The summed E-state index contributed by atoms with van der Waals surface area (Å²) in [6, 6.07) is 19.1. The van der Waals surface area contributed by atoms with Gasteiger partial charge in [-0.3, -0.25) is 0 Å². The fourth-order valence-electron chi connectivity index (χ4n) is 4.14. The van der Waals surface area contributed by atoms with Crippen molar-refractivity contribution in [2.75, 3.05) is 18.1 Å². The zero-order chi connectivity index (χ0) is 17.9. The first kappa shape index (κ1) is 16.9. The average Bonchev–Trinajstić information content (AvgIpc) is 2.98. The standard InChI is InChI=1S/C23H25NO2/c1-2-26-23(25)19-10-12-21(13-11-19)24-16-20-14-18(15-22(20)24)9-8-17-6-4-3-5-7-17/h3-7,9-13,20,22H,2,8,14-16H2,1H3/b18-9-/t20?,22-/m0/s1. The Morgan fingerprint density at radius 1 is 1.12 bits per heavy atom. The van der Waals surface area contributed by atoms with Crippen LogP contribution in [0.4, 0.5) is 5.69 Å². The van der Waals surface area contributed by atoms with Gasteiger partial charge in [-0.2, -0.15) is 0 Å². The van der Waals surface area contributed by atoms with Crippen LogP contribution in [-0.2, 0) is 11.2 Å². The minimum atomic E-state index is -0.243. The van der Waals surface area contributed by atoms with E-state index < -0.39 is 0 Å². The summed E-state index contributed by atoms with van der Waals surface area (Å²) in [5.41, 5.74) is 4.81. The highest BCUT2D eigenvalue weighted by atomic mass is 16.5. The number of anilines is 1. The number of ether oxygens (including phenoxy) is 1. The molecule has 26 heavy (non-hydrogen) atoms. The van der Waals surface area contributed by atoms with Crippen molar-refractivity contribution >= 4 is 11.7 Å². The molecule has 1 aliphatic carbocycles. The number of carbonyl (C=O) groups is 1. The molecule has 4 rings (SSSR count). The second kappa shape index (κ2) is 7.36. The van der Waals surface area contributed by atoms with E-state index in [1.165, 1.54) is 17.7 Å². The van der Waals surface area contributed by atoms with Gasteiger partial charge in [-0.1, -0.05) is 42.0 Å². The first-order valence-electron chi connectivity index (χ1n) is 9.50. The van der Waals surface area contributed by atoms with Crippen LogP contribution in [-0.4, -0.2) is 25.2 Å². The van der Waals surface area contributed by atoms with E-state index in [0.29, 0.717) is 18.2 Å². The summed E-state index contributed by atoms with van der Waals surface area (Å²) in [5, 5.41) is 0. The number of rotatable bonds is 5. The number of hydrogen-bond donors (Lipinski definition) is 0. The highest BCUT2D eigenvalue weighted by molar-refractivity contribution is 5.89. The number of allylic oxidation sites excluding steroid dienone is 1. The molecule has 0 spiro atoms. The van der Waals surface area contributed by atoms with Gasteiger partial charge in [0.25, 0.3) is 0 Å². The summed E-state index contributed by atoms with van der Waals surface area (Å²) >= 11 is 0. The van der Waals surface area contributed by atoms with E-state index in [9.17, 15) is 4.79 Å². The molecule has 0 amide bonds. The maximum Gasteiger partial charge on any atom is 0.338 e. The van der Waals surface area contributed by atoms with Crippen LogP contribution in [0.15, 0.2) is 66.2 Å². The highest BCUT2D eigenvalue weighted by Gasteiger charge is 2.43. The second-order valence-electron chi connectivity index (χ2n) is 7.21. The van der Waals surface area contributed by atoms with Gasteiger partial charge in [-0.25, -0.2) is 4.79 Å². The Kier molecular flexibility index (Phi) is 4.79. The third kappa shape index (κ3) is 3.39. The topological polar surface area (TPSA) is 29.5 Å². The molecule has 2 fully saturated rings. The summed E-state index contributed by atoms with van der Waals surface area (Å²) < 4.78 is 5.06. The van der Waals surface area contributed by atoms with Crippen molar-refractivity contribution in [1.29, 1.82) is 0 Å². The normalized spacial score (nSPS) is 22.8. The van der Waals surface area contributed by atoms with Crippen LogP contribution in [0, 0.1) is 5.92 Å². The van der Waals surface area contributed by atoms with Crippen molar-refractivity contribution in [1.82, 2.24) is 0 Å². The van der Waals surface area contributed by atoms with Gasteiger partial charge in [0.05, 0.1) is 12.2 Å². The van der Waals surface area contributed by atoms with Crippen LogP contribution in [0.25, 0.3) is 0 Å². The molecule has 1 heterocycles. The largest absolute Gasteiger partial charge is 0.462 e. The Labute approximate surface area is 155 Å². The van der Waals surface area contributed by atoms with Crippen molar-refractivity contribution in [3.05, 3.63) is 77.4 Å². The van der Waals surface area contributed by atoms with Gasteiger partial charge in [-0.15, -0.1) is 0 Å². The van der Waals surface area contributed by atoms with E-state index in [-0.39, 0.29) is 5.97 Å². The molecule has 134 valence electrons. The van der Waals surface area contributed by atoms with Crippen molar-refractivity contribution in [3.63, 3.8) is 0 Å². The van der Waals surface area contributed by atoms with E-state index >= 15 is 0 Å². The Hall–Kier alpha value is -2.55. The number of fused-ring (bicyclic) bond motifs is 1. The summed E-state index contributed by atoms with van der Waals surface area (Å²) in [6.45, 7) is 3.36. The fourth-order valence-corrected chi connectivity index (χ4v) is 4.14. The van der Waals surface area contributed by atoms with Crippen LogP contribution in [0.3, 0.4) is 0 Å². The van der Waals surface area contributed by atoms with Gasteiger partial charge in [0.1, 0.15) is 0 Å². The smallest absolute Gasteiger partial charge is 0.338 e. The first-order chi connectivity index (χ1) is 12.7. The molecule has 1 unspecified atom stereocenters. The van der Waals surface area contributed by atoms with Crippen molar-refractivity contribution < 1.29 is 9.53 Å². The molecular formula is C23H25NO2. The van der Waals surface area contributed by atoms with E-state index in [4.69, 9.17) is 4.74 Å². The summed E-state index contributed by atoms with van der Waals surface area (Å²) in [4.78, 5) is 14.3. The number of carbonyl (C=O) groups excluding carboxylic acids is 1. The van der Waals surface area contributed by atoms with E-state index in [1.54, 1.807) is 5.57 Å². The monoisotopic (exact) mass is 347 g/mol. The third-order valence-electron chi connectivity index (χ3n) is 5.55. The van der Waals surface area contributed by atoms with Crippen LogP contribution < -0.4 is 4.90 Å². The molecule has 0 aromatic heterocycles. The second-order valence-corrected chi connectivity index (χ2v) is 7.21. The quantitative estimate of drug-likeness (QED) is 0.583. The van der Waals surface area contributed by atoms with Crippen LogP contribution in [0.2, 0.25) is 0 Å². The molecule has 3 heteroatoms. The van der Waals surface area contributed by atoms with Gasteiger partial charge < -0.3 is 9.64 Å². The molecule has 0 bridgehead atoms. The third-order valence-corrected chi connectivity index (χ3v) is 5.55. The highest BCUT2D eigenvalue weighted by Crippen LogP contribution is 2.44. The predicted molar refractivity (Wildman–Crippen MR) is 104 cm³/mol. The van der Waals surface area contributed by atoms with E-state index in [1.807, 2.05) is 31.2 Å². The Morgan fingerprint density at radius 3 is 2.62 bits per heavy atom. The molecule has 0 N–H and O–H groups in total. The predicted octanol–water partition coefficient (Wildman–Crippen LogP) is 4.63.